The van der Waals surface area contributed by atoms with Gasteiger partial charge in [-0.3, -0.25) is 9.19 Å². The number of para-hydroxylation sites is 1. The first kappa shape index (κ1) is 12.4. The number of hydrogen-bond donors (Lipinski definition) is 1. The molecule has 0 bridgehead atoms. The van der Waals surface area contributed by atoms with E-state index in [1.165, 1.54) is 0 Å². The average Bonchev–Trinajstić information content (AvgIpc) is 2.32. The highest BCUT2D eigenvalue weighted by Gasteiger charge is 1.84. The van der Waals surface area contributed by atoms with Crippen LogP contribution in [0, 0.1) is 0 Å². The Bertz CT molecular complexity index is 382. The Morgan fingerprint density at radius 3 is 1.94 bits per heavy atom. The Morgan fingerprint density at radius 1 is 1.00 bits per heavy atom. The largest absolute Gasteiger partial charge is 0.755 e. The number of rotatable bonds is 2. The lowest BCUT2D eigenvalue weighted by Crippen LogP contribution is -2.01. The molecule has 4 nitrogen and oxygen atoms in total. The molecule has 0 spiro atoms. The number of anilines is 1. The van der Waals surface area contributed by atoms with Gasteiger partial charge in [-0.25, -0.2) is 0 Å². The first-order chi connectivity index (χ1) is 7.79. The van der Waals surface area contributed by atoms with Gasteiger partial charge in [0.2, 0.25) is 0 Å². The summed E-state index contributed by atoms with van der Waals surface area (Å²) in [6.45, 7) is 0. The van der Waals surface area contributed by atoms with Gasteiger partial charge in [-0.05, 0) is 24.3 Å². The number of hydrogen-bond acceptors (Lipinski definition) is 3. The molecule has 0 aliphatic heterocycles. The molecule has 0 aliphatic carbocycles. The van der Waals surface area contributed by atoms with Gasteiger partial charge in [0.15, 0.2) is 0 Å². The maximum absolute atomic E-state index is 10.1. The van der Waals surface area contributed by atoms with Crippen LogP contribution in [0.4, 0.5) is 5.69 Å². The first-order valence-electron chi connectivity index (χ1n) is 4.55. The van der Waals surface area contributed by atoms with Gasteiger partial charge in [-0.15, -0.1) is 0 Å². The topological polar surface area (TPSA) is 65.0 Å². The number of benzene rings is 1. The molecule has 0 fully saturated rings. The number of aromatic nitrogens is 1. The Morgan fingerprint density at radius 2 is 1.56 bits per heavy atom. The molecule has 1 N–H and O–H groups in total. The van der Waals surface area contributed by atoms with Crippen LogP contribution >= 0.6 is 0 Å². The van der Waals surface area contributed by atoms with E-state index < -0.39 is 11.3 Å². The predicted molar refractivity (Wildman–Crippen MR) is 63.2 cm³/mol. The van der Waals surface area contributed by atoms with Gasteiger partial charge in [-0.2, -0.15) is 0 Å². The summed E-state index contributed by atoms with van der Waals surface area (Å²) in [5, 5.41) is 0. The van der Waals surface area contributed by atoms with Gasteiger partial charge in [0.1, 0.15) is 0 Å². The highest BCUT2D eigenvalue weighted by molar-refractivity contribution is 7.80. The van der Waals surface area contributed by atoms with Crippen molar-refractivity contribution >= 4 is 17.0 Å². The standard InChI is InChI=1S/C6H7NO2S.C5H5N/c8-10(9)7-6-4-2-1-3-5-6;1-2-4-6-5-3-1/h1-5,7H,(H,8,9);1-5H/p-1. The molecule has 0 aliphatic rings. The van der Waals surface area contributed by atoms with Crippen LogP contribution in [0.3, 0.4) is 0 Å². The van der Waals surface area contributed by atoms with Gasteiger partial charge in [-0.1, -0.05) is 24.3 Å². The molecular formula is C11H11N2O2S-. The smallest absolute Gasteiger partial charge is 0.0452 e. The zero-order chi connectivity index (χ0) is 11.6. The maximum Gasteiger partial charge on any atom is 0.0452 e. The fraction of sp³-hybridized carbons (Fsp3) is 0. The number of pyridine rings is 1. The Labute approximate surface area is 96.8 Å². The van der Waals surface area contributed by atoms with Gasteiger partial charge in [0.25, 0.3) is 0 Å². The first-order valence-corrected chi connectivity index (χ1v) is 5.62. The van der Waals surface area contributed by atoms with Crippen molar-refractivity contribution in [3.8, 4) is 0 Å². The van der Waals surface area contributed by atoms with Crippen molar-refractivity contribution in [2.24, 2.45) is 0 Å². The van der Waals surface area contributed by atoms with E-state index >= 15 is 0 Å². The molecule has 1 atom stereocenters. The Hall–Kier alpha value is -1.72. The van der Waals surface area contributed by atoms with Gasteiger partial charge >= 0.3 is 0 Å². The minimum Gasteiger partial charge on any atom is -0.755 e. The average molecular weight is 235 g/mol. The van der Waals surface area contributed by atoms with E-state index in [4.69, 9.17) is 0 Å². The van der Waals surface area contributed by atoms with Crippen molar-refractivity contribution in [3.05, 3.63) is 60.9 Å². The van der Waals surface area contributed by atoms with Crippen LogP contribution in [-0.4, -0.2) is 13.7 Å². The maximum atomic E-state index is 10.1. The second kappa shape index (κ2) is 7.56. The fourth-order valence-corrected chi connectivity index (χ4v) is 1.24. The normalized spacial score (nSPS) is 10.8. The molecular weight excluding hydrogens is 224 g/mol. The number of nitrogens with zero attached hydrogens (tertiary/aromatic N) is 1. The molecule has 16 heavy (non-hydrogen) atoms. The quantitative estimate of drug-likeness (QED) is 0.809. The second-order valence-corrected chi connectivity index (χ2v) is 3.40. The lowest BCUT2D eigenvalue weighted by Gasteiger charge is -2.06. The molecule has 0 saturated carbocycles. The summed E-state index contributed by atoms with van der Waals surface area (Å²) < 4.78 is 22.3. The summed E-state index contributed by atoms with van der Waals surface area (Å²) in [5.74, 6) is 0. The number of nitrogens with one attached hydrogen (secondary N) is 1. The SMILES string of the molecule is O=S([O-])Nc1ccccc1.c1ccncc1. The van der Waals surface area contributed by atoms with Gasteiger partial charge in [0.05, 0.1) is 0 Å². The highest BCUT2D eigenvalue weighted by Crippen LogP contribution is 2.04. The third-order valence-corrected chi connectivity index (χ3v) is 1.94. The third-order valence-electron chi connectivity index (χ3n) is 1.54. The lowest BCUT2D eigenvalue weighted by molar-refractivity contribution is 0.542. The predicted octanol–water partition coefficient (Wildman–Crippen LogP) is 1.97. The van der Waals surface area contributed by atoms with Gasteiger partial charge in [0, 0.05) is 29.3 Å². The van der Waals surface area contributed by atoms with Crippen molar-refractivity contribution in [1.29, 1.82) is 0 Å². The molecule has 0 saturated heterocycles. The van der Waals surface area contributed by atoms with Crippen molar-refractivity contribution in [3.63, 3.8) is 0 Å². The van der Waals surface area contributed by atoms with Crippen molar-refractivity contribution in [2.45, 2.75) is 0 Å². The minimum atomic E-state index is -2.22. The molecule has 2 rings (SSSR count). The van der Waals surface area contributed by atoms with Crippen LogP contribution in [0.1, 0.15) is 0 Å². The second-order valence-electron chi connectivity index (χ2n) is 2.73. The summed E-state index contributed by atoms with van der Waals surface area (Å²) in [7, 11) is 0. The van der Waals surface area contributed by atoms with E-state index in [0.717, 1.165) is 0 Å². The van der Waals surface area contributed by atoms with E-state index in [0.29, 0.717) is 5.69 Å². The molecule has 1 aromatic heterocycles. The molecule has 0 amide bonds. The summed E-state index contributed by atoms with van der Waals surface area (Å²) in [6, 6.07) is 14.4. The summed E-state index contributed by atoms with van der Waals surface area (Å²) in [4.78, 5) is 3.78. The van der Waals surface area contributed by atoms with E-state index in [9.17, 15) is 8.76 Å². The van der Waals surface area contributed by atoms with E-state index in [2.05, 4.69) is 9.71 Å². The lowest BCUT2D eigenvalue weighted by atomic mass is 10.3. The van der Waals surface area contributed by atoms with Crippen LogP contribution in [0.5, 0.6) is 0 Å². The Kier molecular flexibility index (Phi) is 5.83. The minimum absolute atomic E-state index is 0.579. The third kappa shape index (κ3) is 5.90. The van der Waals surface area contributed by atoms with Crippen LogP contribution < -0.4 is 4.72 Å². The summed E-state index contributed by atoms with van der Waals surface area (Å²) in [5.41, 5.74) is 0.579. The molecule has 2 aromatic rings. The fourth-order valence-electron chi connectivity index (χ4n) is 0.915. The molecule has 1 aromatic carbocycles. The molecule has 1 heterocycles. The molecule has 5 heteroatoms. The molecule has 0 radical (unpaired) electrons. The van der Waals surface area contributed by atoms with Crippen LogP contribution in [-0.2, 0) is 11.3 Å². The van der Waals surface area contributed by atoms with Crippen molar-refractivity contribution < 1.29 is 8.76 Å². The highest BCUT2D eigenvalue weighted by atomic mass is 32.2. The monoisotopic (exact) mass is 235 g/mol. The van der Waals surface area contributed by atoms with Gasteiger partial charge < -0.3 is 9.27 Å². The van der Waals surface area contributed by atoms with Crippen LogP contribution in [0.15, 0.2) is 60.9 Å². The van der Waals surface area contributed by atoms with Crippen LogP contribution in [0.25, 0.3) is 0 Å². The zero-order valence-electron chi connectivity index (χ0n) is 8.45. The zero-order valence-corrected chi connectivity index (χ0v) is 9.26. The van der Waals surface area contributed by atoms with E-state index in [1.54, 1.807) is 36.7 Å². The van der Waals surface area contributed by atoms with Crippen molar-refractivity contribution in [2.75, 3.05) is 4.72 Å². The van der Waals surface area contributed by atoms with E-state index in [-0.39, 0.29) is 0 Å². The molecule has 1 unspecified atom stereocenters. The van der Waals surface area contributed by atoms with Crippen LogP contribution in [0.2, 0.25) is 0 Å². The summed E-state index contributed by atoms with van der Waals surface area (Å²) >= 11 is -2.22. The van der Waals surface area contributed by atoms with Crippen molar-refractivity contribution in [1.82, 2.24) is 4.98 Å². The molecule has 84 valence electrons. The summed E-state index contributed by atoms with van der Waals surface area (Å²) in [6.07, 6.45) is 3.50. The Balaban J connectivity index is 0.000000181. The van der Waals surface area contributed by atoms with E-state index in [1.807, 2.05) is 24.3 Å².